The zero-order valence-electron chi connectivity index (χ0n) is 13.0. The van der Waals surface area contributed by atoms with Gasteiger partial charge in [0.25, 0.3) is 0 Å². The summed E-state index contributed by atoms with van der Waals surface area (Å²) in [4.78, 5) is 25.7. The summed E-state index contributed by atoms with van der Waals surface area (Å²) in [6.07, 6.45) is 2.85. The number of rotatable bonds is 2. The lowest BCUT2D eigenvalue weighted by Gasteiger charge is -2.40. The smallest absolute Gasteiger partial charge is 0.335 e. The Bertz CT molecular complexity index is 621. The van der Waals surface area contributed by atoms with Crippen molar-refractivity contribution in [3.8, 4) is 5.75 Å². The first-order chi connectivity index (χ1) is 10.4. The number of fused-ring (bicyclic) bond motifs is 1. The van der Waals surface area contributed by atoms with Gasteiger partial charge in [0.15, 0.2) is 0 Å². The monoisotopic (exact) mass is 303 g/mol. The van der Waals surface area contributed by atoms with E-state index in [1.807, 2.05) is 18.7 Å². The van der Waals surface area contributed by atoms with E-state index in [-0.39, 0.29) is 23.0 Å². The standard InChI is InChI=1S/C17H21NO4/c1-11-9-18(16(21)17(2)6-3-7-17)10-13-5-4-12(15(19)20)8-14(13)22-11/h4-5,8,11H,3,6-7,9-10H2,1-2H3,(H,19,20)/t11-/m1/s1. The first-order valence-corrected chi connectivity index (χ1v) is 7.71. The van der Waals surface area contributed by atoms with Crippen LogP contribution in [0.4, 0.5) is 0 Å². The third-order valence-electron chi connectivity index (χ3n) is 4.74. The minimum absolute atomic E-state index is 0.155. The Morgan fingerprint density at radius 1 is 1.36 bits per heavy atom. The van der Waals surface area contributed by atoms with Crippen LogP contribution in [0.15, 0.2) is 18.2 Å². The molecule has 0 bridgehead atoms. The van der Waals surface area contributed by atoms with Crippen LogP contribution in [0.2, 0.25) is 0 Å². The molecule has 0 spiro atoms. The molecule has 1 aromatic rings. The maximum atomic E-state index is 12.8. The molecule has 1 atom stereocenters. The highest BCUT2D eigenvalue weighted by Gasteiger charge is 2.42. The Morgan fingerprint density at radius 3 is 2.68 bits per heavy atom. The molecule has 1 fully saturated rings. The Hall–Kier alpha value is -2.04. The highest BCUT2D eigenvalue weighted by Crippen LogP contribution is 2.42. The molecule has 1 saturated carbocycles. The number of nitrogens with zero attached hydrogens (tertiary/aromatic N) is 1. The van der Waals surface area contributed by atoms with Crippen LogP contribution >= 0.6 is 0 Å². The molecule has 0 saturated heterocycles. The van der Waals surface area contributed by atoms with E-state index in [2.05, 4.69) is 0 Å². The van der Waals surface area contributed by atoms with Crippen LogP contribution < -0.4 is 4.74 Å². The summed E-state index contributed by atoms with van der Waals surface area (Å²) in [5.41, 5.74) is 0.841. The van der Waals surface area contributed by atoms with Crippen molar-refractivity contribution in [3.63, 3.8) is 0 Å². The molecule has 1 heterocycles. The van der Waals surface area contributed by atoms with Crippen molar-refractivity contribution >= 4 is 11.9 Å². The molecule has 3 rings (SSSR count). The largest absolute Gasteiger partial charge is 0.488 e. The van der Waals surface area contributed by atoms with E-state index in [4.69, 9.17) is 9.84 Å². The second kappa shape index (κ2) is 5.30. The number of carbonyl (C=O) groups is 2. The molecular formula is C17H21NO4. The van der Waals surface area contributed by atoms with E-state index in [1.54, 1.807) is 18.2 Å². The lowest BCUT2D eigenvalue weighted by atomic mass is 9.69. The van der Waals surface area contributed by atoms with Gasteiger partial charge in [0.1, 0.15) is 11.9 Å². The maximum absolute atomic E-state index is 12.8. The first kappa shape index (κ1) is 14.9. The van der Waals surface area contributed by atoms with Crippen LogP contribution in [-0.2, 0) is 11.3 Å². The highest BCUT2D eigenvalue weighted by atomic mass is 16.5. The fourth-order valence-corrected chi connectivity index (χ4v) is 3.22. The zero-order chi connectivity index (χ0) is 15.9. The minimum Gasteiger partial charge on any atom is -0.488 e. The summed E-state index contributed by atoms with van der Waals surface area (Å²) in [5, 5.41) is 9.09. The maximum Gasteiger partial charge on any atom is 0.335 e. The van der Waals surface area contributed by atoms with Crippen molar-refractivity contribution in [3.05, 3.63) is 29.3 Å². The SMILES string of the molecule is C[C@@H]1CN(C(=O)C2(C)CCC2)Cc2ccc(C(=O)O)cc2O1. The van der Waals surface area contributed by atoms with Crippen LogP contribution in [0.25, 0.3) is 0 Å². The Kier molecular flexibility index (Phi) is 3.59. The van der Waals surface area contributed by atoms with Crippen molar-refractivity contribution in [1.82, 2.24) is 4.90 Å². The summed E-state index contributed by atoms with van der Waals surface area (Å²) in [7, 11) is 0. The van der Waals surface area contributed by atoms with Crippen LogP contribution in [0.1, 0.15) is 49.0 Å². The third-order valence-corrected chi connectivity index (χ3v) is 4.74. The van der Waals surface area contributed by atoms with E-state index in [1.165, 1.54) is 0 Å². The topological polar surface area (TPSA) is 66.8 Å². The number of aromatic carboxylic acids is 1. The molecule has 2 aliphatic rings. The summed E-state index contributed by atoms with van der Waals surface area (Å²) in [6.45, 7) is 4.95. The average molecular weight is 303 g/mol. The normalized spacial score (nSPS) is 22.8. The lowest BCUT2D eigenvalue weighted by Crippen LogP contribution is -2.47. The molecule has 118 valence electrons. The lowest BCUT2D eigenvalue weighted by molar-refractivity contribution is -0.147. The van der Waals surface area contributed by atoms with E-state index < -0.39 is 5.97 Å². The number of hydrogen-bond acceptors (Lipinski definition) is 3. The van der Waals surface area contributed by atoms with Gasteiger partial charge in [-0.1, -0.05) is 19.4 Å². The summed E-state index contributed by atoms with van der Waals surface area (Å²) in [5.74, 6) is -0.218. The van der Waals surface area contributed by atoms with Crippen molar-refractivity contribution in [2.45, 2.75) is 45.8 Å². The Balaban J connectivity index is 1.88. The summed E-state index contributed by atoms with van der Waals surface area (Å²) in [6, 6.07) is 4.86. The van der Waals surface area contributed by atoms with Crippen LogP contribution in [-0.4, -0.2) is 34.5 Å². The molecule has 1 aliphatic heterocycles. The molecule has 5 nitrogen and oxygen atoms in total. The van der Waals surface area contributed by atoms with Crippen LogP contribution in [0, 0.1) is 5.41 Å². The van der Waals surface area contributed by atoms with Gasteiger partial charge in [0.2, 0.25) is 5.91 Å². The van der Waals surface area contributed by atoms with E-state index >= 15 is 0 Å². The van der Waals surface area contributed by atoms with Gasteiger partial charge >= 0.3 is 5.97 Å². The van der Waals surface area contributed by atoms with Gasteiger partial charge in [0, 0.05) is 17.5 Å². The number of carboxylic acid groups (broad SMARTS) is 1. The summed E-state index contributed by atoms with van der Waals surface area (Å²) < 4.78 is 5.84. The van der Waals surface area contributed by atoms with Gasteiger partial charge in [-0.25, -0.2) is 4.79 Å². The fourth-order valence-electron chi connectivity index (χ4n) is 3.22. The molecule has 0 aromatic heterocycles. The van der Waals surface area contributed by atoms with Crippen molar-refractivity contribution < 1.29 is 19.4 Å². The van der Waals surface area contributed by atoms with Gasteiger partial charge in [0.05, 0.1) is 12.1 Å². The van der Waals surface area contributed by atoms with Crippen molar-refractivity contribution in [2.24, 2.45) is 5.41 Å². The number of amides is 1. The molecule has 1 amide bonds. The molecule has 5 heteroatoms. The zero-order valence-corrected chi connectivity index (χ0v) is 13.0. The van der Waals surface area contributed by atoms with Crippen molar-refractivity contribution in [1.29, 1.82) is 0 Å². The molecule has 22 heavy (non-hydrogen) atoms. The Morgan fingerprint density at radius 2 is 2.09 bits per heavy atom. The van der Waals surface area contributed by atoms with Gasteiger partial charge in [-0.2, -0.15) is 0 Å². The van der Waals surface area contributed by atoms with Gasteiger partial charge in [-0.3, -0.25) is 4.79 Å². The van der Waals surface area contributed by atoms with Gasteiger partial charge in [-0.15, -0.1) is 0 Å². The molecule has 1 aromatic carbocycles. The number of carboxylic acids is 1. The molecule has 0 unspecified atom stereocenters. The van der Waals surface area contributed by atoms with E-state index in [0.717, 1.165) is 24.8 Å². The predicted molar refractivity (Wildman–Crippen MR) is 80.9 cm³/mol. The number of ether oxygens (including phenoxy) is 1. The van der Waals surface area contributed by atoms with E-state index in [9.17, 15) is 9.59 Å². The average Bonchev–Trinajstić information content (AvgIpc) is 2.60. The third kappa shape index (κ3) is 2.56. The first-order valence-electron chi connectivity index (χ1n) is 7.71. The van der Waals surface area contributed by atoms with Gasteiger partial charge < -0.3 is 14.7 Å². The number of hydrogen-bond donors (Lipinski definition) is 1. The highest BCUT2D eigenvalue weighted by molar-refractivity contribution is 5.88. The predicted octanol–water partition coefficient (Wildman–Crippen LogP) is 2.68. The molecular weight excluding hydrogens is 282 g/mol. The Labute approximate surface area is 129 Å². The minimum atomic E-state index is -0.974. The van der Waals surface area contributed by atoms with Gasteiger partial charge in [-0.05, 0) is 31.9 Å². The van der Waals surface area contributed by atoms with E-state index in [0.29, 0.717) is 18.8 Å². The quantitative estimate of drug-likeness (QED) is 0.912. The second-order valence-corrected chi connectivity index (χ2v) is 6.66. The molecule has 0 radical (unpaired) electrons. The fraction of sp³-hybridized carbons (Fsp3) is 0.529. The van der Waals surface area contributed by atoms with Crippen LogP contribution in [0.3, 0.4) is 0 Å². The number of benzene rings is 1. The number of carbonyl (C=O) groups excluding carboxylic acids is 1. The molecule has 1 N–H and O–H groups in total. The van der Waals surface area contributed by atoms with Crippen LogP contribution in [0.5, 0.6) is 5.75 Å². The van der Waals surface area contributed by atoms with Crippen molar-refractivity contribution in [2.75, 3.05) is 6.54 Å². The summed E-state index contributed by atoms with van der Waals surface area (Å²) >= 11 is 0. The second-order valence-electron chi connectivity index (χ2n) is 6.66. The molecule has 1 aliphatic carbocycles.